The Labute approximate surface area is 143 Å². The molecule has 1 amide bonds. The van der Waals surface area contributed by atoms with E-state index < -0.39 is 0 Å². The van der Waals surface area contributed by atoms with Gasteiger partial charge >= 0.3 is 0 Å². The number of nitrogens with zero attached hydrogens (tertiary/aromatic N) is 4. The summed E-state index contributed by atoms with van der Waals surface area (Å²) in [5.74, 6) is 0.173. The van der Waals surface area contributed by atoms with Crippen molar-refractivity contribution in [3.63, 3.8) is 0 Å². The highest BCUT2D eigenvalue weighted by atomic mass is 16.2. The smallest absolute Gasteiger partial charge is 0.244 e. The molecule has 5 nitrogen and oxygen atoms in total. The van der Waals surface area contributed by atoms with Crippen LogP contribution in [0.5, 0.6) is 0 Å². The van der Waals surface area contributed by atoms with Gasteiger partial charge < -0.3 is 4.90 Å². The van der Waals surface area contributed by atoms with Crippen LogP contribution in [0.25, 0.3) is 0 Å². The van der Waals surface area contributed by atoms with Crippen molar-refractivity contribution in [1.29, 1.82) is 0 Å². The molecule has 0 N–H and O–H groups in total. The maximum Gasteiger partial charge on any atom is 0.244 e. The second kappa shape index (κ2) is 6.40. The number of likely N-dealkylation sites (tertiary alicyclic amines) is 1. The number of amides is 1. The zero-order valence-corrected chi connectivity index (χ0v) is 15.2. The van der Waals surface area contributed by atoms with Crippen molar-refractivity contribution in [3.05, 3.63) is 52.8 Å². The summed E-state index contributed by atoms with van der Waals surface area (Å²) >= 11 is 0. The number of carbonyl (C=O) groups is 1. The molecule has 5 heteroatoms. The van der Waals surface area contributed by atoms with Gasteiger partial charge in [-0.3, -0.25) is 14.4 Å². The zero-order chi connectivity index (χ0) is 17.4. The Morgan fingerprint density at radius 2 is 1.88 bits per heavy atom. The fourth-order valence-electron chi connectivity index (χ4n) is 3.50. The summed E-state index contributed by atoms with van der Waals surface area (Å²) in [6.45, 7) is 7.60. The molecule has 0 spiro atoms. The van der Waals surface area contributed by atoms with E-state index in [4.69, 9.17) is 0 Å². The van der Waals surface area contributed by atoms with Crippen molar-refractivity contribution < 1.29 is 4.79 Å². The van der Waals surface area contributed by atoms with E-state index in [1.807, 2.05) is 43.0 Å². The van der Waals surface area contributed by atoms with Gasteiger partial charge in [0.05, 0.1) is 11.7 Å². The summed E-state index contributed by atoms with van der Waals surface area (Å²) in [5.41, 5.74) is 4.43. The molecule has 3 rings (SSSR count). The molecule has 1 fully saturated rings. The van der Waals surface area contributed by atoms with Crippen LogP contribution in [-0.2, 0) is 4.79 Å². The normalized spacial score (nSPS) is 16.3. The van der Waals surface area contributed by atoms with E-state index >= 15 is 0 Å². The summed E-state index contributed by atoms with van der Waals surface area (Å²) in [6.07, 6.45) is 0. The van der Waals surface area contributed by atoms with Crippen molar-refractivity contribution in [3.8, 4) is 0 Å². The number of likely N-dealkylation sites (N-methyl/N-ethyl adjacent to an activating group) is 1. The minimum Gasteiger partial charge on any atom is -0.337 e. The van der Waals surface area contributed by atoms with Crippen LogP contribution in [0.3, 0.4) is 0 Å². The van der Waals surface area contributed by atoms with Crippen LogP contribution in [0, 0.1) is 20.8 Å². The van der Waals surface area contributed by atoms with Crippen molar-refractivity contribution in [2.45, 2.75) is 32.9 Å². The molecule has 0 radical (unpaired) electrons. The van der Waals surface area contributed by atoms with Crippen molar-refractivity contribution in [2.24, 2.45) is 0 Å². The molecule has 1 unspecified atom stereocenters. The minimum absolute atomic E-state index is 0.173. The molecule has 24 heavy (non-hydrogen) atoms. The Hall–Kier alpha value is -2.14. The summed E-state index contributed by atoms with van der Waals surface area (Å²) in [6, 6.07) is 10.3. The molecule has 1 saturated heterocycles. The van der Waals surface area contributed by atoms with Gasteiger partial charge in [0.15, 0.2) is 0 Å². The summed E-state index contributed by atoms with van der Waals surface area (Å²) in [5, 5.41) is 4.55. The molecule has 0 bridgehead atoms. The first kappa shape index (κ1) is 16.7. The fraction of sp³-hybridized carbons (Fsp3) is 0.474. The molecule has 2 heterocycles. The predicted molar refractivity (Wildman–Crippen MR) is 94.9 cm³/mol. The highest BCUT2D eigenvalue weighted by molar-refractivity contribution is 5.84. The van der Waals surface area contributed by atoms with E-state index in [2.05, 4.69) is 41.8 Å². The van der Waals surface area contributed by atoms with Gasteiger partial charge in [0, 0.05) is 18.8 Å². The lowest BCUT2D eigenvalue weighted by Gasteiger charge is -2.42. The number of aryl methyl sites for hydroxylation is 3. The van der Waals surface area contributed by atoms with Gasteiger partial charge in [-0.05, 0) is 52.1 Å². The molecular weight excluding hydrogens is 300 g/mol. The lowest BCUT2D eigenvalue weighted by Crippen LogP contribution is -2.54. The summed E-state index contributed by atoms with van der Waals surface area (Å²) < 4.78 is 2.05. The molecule has 1 aliphatic rings. The zero-order valence-electron chi connectivity index (χ0n) is 15.2. The van der Waals surface area contributed by atoms with E-state index in [1.54, 1.807) is 0 Å². The van der Waals surface area contributed by atoms with Crippen LogP contribution >= 0.6 is 0 Å². The third-order valence-electron chi connectivity index (χ3n) is 4.80. The number of rotatable bonds is 4. The molecular formula is C19H26N4O. The van der Waals surface area contributed by atoms with Crippen LogP contribution in [-0.4, -0.2) is 52.7 Å². The number of benzene rings is 1. The van der Waals surface area contributed by atoms with Gasteiger partial charge in [-0.25, -0.2) is 0 Å². The SMILES string of the molecule is Cc1cc(C)n(C2CN(C(=O)C(c3ccccc3C)N(C)C)C2)n1. The average Bonchev–Trinajstić information content (AvgIpc) is 2.78. The summed E-state index contributed by atoms with van der Waals surface area (Å²) in [4.78, 5) is 17.0. The molecule has 0 aliphatic carbocycles. The first-order valence-corrected chi connectivity index (χ1v) is 8.42. The second-order valence-corrected chi connectivity index (χ2v) is 6.99. The van der Waals surface area contributed by atoms with Gasteiger partial charge in [0.25, 0.3) is 0 Å². The van der Waals surface area contributed by atoms with Gasteiger partial charge in [-0.1, -0.05) is 24.3 Å². The second-order valence-electron chi connectivity index (χ2n) is 6.99. The first-order valence-electron chi connectivity index (χ1n) is 8.42. The van der Waals surface area contributed by atoms with Gasteiger partial charge in [0.1, 0.15) is 6.04 Å². The van der Waals surface area contributed by atoms with E-state index in [1.165, 1.54) is 0 Å². The maximum atomic E-state index is 13.0. The molecule has 2 aromatic rings. The number of aromatic nitrogens is 2. The quantitative estimate of drug-likeness (QED) is 0.867. The minimum atomic E-state index is -0.229. The van der Waals surface area contributed by atoms with Crippen LogP contribution < -0.4 is 0 Å². The lowest BCUT2D eigenvalue weighted by atomic mass is 9.97. The van der Waals surface area contributed by atoms with Gasteiger partial charge in [-0.15, -0.1) is 0 Å². The van der Waals surface area contributed by atoms with Crippen LogP contribution in [0.2, 0.25) is 0 Å². The Balaban J connectivity index is 1.74. The van der Waals surface area contributed by atoms with Crippen molar-refractivity contribution in [1.82, 2.24) is 19.6 Å². The largest absolute Gasteiger partial charge is 0.337 e. The van der Waals surface area contributed by atoms with E-state index in [-0.39, 0.29) is 11.9 Å². The molecule has 1 aromatic carbocycles. The molecule has 1 aliphatic heterocycles. The van der Waals surface area contributed by atoms with Crippen molar-refractivity contribution >= 4 is 5.91 Å². The van der Waals surface area contributed by atoms with E-state index in [9.17, 15) is 4.79 Å². The molecule has 1 atom stereocenters. The Bertz CT molecular complexity index is 744. The highest BCUT2D eigenvalue weighted by Gasteiger charge is 2.38. The molecule has 128 valence electrons. The standard InChI is InChI=1S/C19H26N4O/c1-13-8-6-7-9-17(13)18(21(4)5)19(24)22-11-16(12-22)23-15(3)10-14(2)20-23/h6-10,16,18H,11-12H2,1-5H3. The van der Waals surface area contributed by atoms with Crippen molar-refractivity contribution in [2.75, 3.05) is 27.2 Å². The molecule has 0 saturated carbocycles. The van der Waals surface area contributed by atoms with Gasteiger partial charge in [0.2, 0.25) is 5.91 Å². The predicted octanol–water partition coefficient (Wildman–Crippen LogP) is 2.49. The number of carbonyl (C=O) groups excluding carboxylic acids is 1. The number of hydrogen-bond acceptors (Lipinski definition) is 3. The Kier molecular flexibility index (Phi) is 4.45. The third kappa shape index (κ3) is 2.96. The summed E-state index contributed by atoms with van der Waals surface area (Å²) in [7, 11) is 3.93. The average molecular weight is 326 g/mol. The number of hydrogen-bond donors (Lipinski definition) is 0. The monoisotopic (exact) mass is 326 g/mol. The van der Waals surface area contributed by atoms with Crippen LogP contribution in [0.1, 0.15) is 34.6 Å². The van der Waals surface area contributed by atoms with Crippen LogP contribution in [0.4, 0.5) is 0 Å². The highest BCUT2D eigenvalue weighted by Crippen LogP contribution is 2.29. The maximum absolute atomic E-state index is 13.0. The van der Waals surface area contributed by atoms with E-state index in [0.717, 1.165) is 35.6 Å². The lowest BCUT2D eigenvalue weighted by molar-refractivity contribution is -0.142. The third-order valence-corrected chi connectivity index (χ3v) is 4.80. The van der Waals surface area contributed by atoms with Crippen LogP contribution in [0.15, 0.2) is 30.3 Å². The Morgan fingerprint density at radius 1 is 1.21 bits per heavy atom. The Morgan fingerprint density at radius 3 is 2.42 bits per heavy atom. The fourth-order valence-corrected chi connectivity index (χ4v) is 3.50. The molecule has 1 aromatic heterocycles. The topological polar surface area (TPSA) is 41.4 Å². The van der Waals surface area contributed by atoms with E-state index in [0.29, 0.717) is 6.04 Å². The first-order chi connectivity index (χ1) is 11.4. The van der Waals surface area contributed by atoms with Gasteiger partial charge in [-0.2, -0.15) is 5.10 Å².